The van der Waals surface area contributed by atoms with E-state index in [1.807, 2.05) is 4.90 Å². The third-order valence-electron chi connectivity index (χ3n) is 5.99. The second-order valence-corrected chi connectivity index (χ2v) is 7.32. The largest absolute Gasteiger partial charge is 0.481 e. The molecule has 0 aromatic rings. The zero-order valence-corrected chi connectivity index (χ0v) is 13.0. The first-order chi connectivity index (χ1) is 10.1. The van der Waals surface area contributed by atoms with Crippen molar-refractivity contribution in [2.24, 2.45) is 29.6 Å². The Kier molecular flexibility index (Phi) is 4.23. The maximum atomic E-state index is 12.7. The predicted molar refractivity (Wildman–Crippen MR) is 79.7 cm³/mol. The van der Waals surface area contributed by atoms with Crippen molar-refractivity contribution >= 4 is 11.9 Å². The molecule has 3 aliphatic rings. The molecule has 4 nitrogen and oxygen atoms in total. The molecule has 0 aromatic carbocycles. The van der Waals surface area contributed by atoms with Crippen LogP contribution in [0.3, 0.4) is 0 Å². The average Bonchev–Trinajstić information content (AvgIpc) is 3.25. The Balaban J connectivity index is 1.59. The van der Waals surface area contributed by atoms with Crippen LogP contribution in [-0.2, 0) is 9.59 Å². The molecular weight excluding hydrogens is 266 g/mol. The summed E-state index contributed by atoms with van der Waals surface area (Å²) in [5.41, 5.74) is 0. The van der Waals surface area contributed by atoms with E-state index in [1.165, 1.54) is 6.42 Å². The van der Waals surface area contributed by atoms with Crippen LogP contribution in [0.5, 0.6) is 0 Å². The quantitative estimate of drug-likeness (QED) is 0.867. The monoisotopic (exact) mass is 293 g/mol. The van der Waals surface area contributed by atoms with Gasteiger partial charge in [0.05, 0.1) is 5.92 Å². The molecule has 21 heavy (non-hydrogen) atoms. The van der Waals surface area contributed by atoms with Gasteiger partial charge in [0.15, 0.2) is 0 Å². The van der Waals surface area contributed by atoms with E-state index in [-0.39, 0.29) is 23.7 Å². The summed E-state index contributed by atoms with van der Waals surface area (Å²) in [7, 11) is 0. The number of carboxylic acid groups (broad SMARTS) is 1. The van der Waals surface area contributed by atoms with Gasteiger partial charge in [-0.1, -0.05) is 13.3 Å². The highest BCUT2D eigenvalue weighted by atomic mass is 16.4. The van der Waals surface area contributed by atoms with Crippen LogP contribution in [0.1, 0.15) is 51.9 Å². The third-order valence-corrected chi connectivity index (χ3v) is 5.99. The van der Waals surface area contributed by atoms with Crippen LogP contribution in [0.2, 0.25) is 0 Å². The molecule has 1 heterocycles. The van der Waals surface area contributed by atoms with Crippen molar-refractivity contribution in [2.75, 3.05) is 13.1 Å². The predicted octanol–water partition coefficient (Wildman–Crippen LogP) is 2.77. The van der Waals surface area contributed by atoms with Crippen molar-refractivity contribution in [1.29, 1.82) is 0 Å². The maximum Gasteiger partial charge on any atom is 0.308 e. The van der Waals surface area contributed by atoms with Gasteiger partial charge in [-0.15, -0.1) is 0 Å². The van der Waals surface area contributed by atoms with E-state index < -0.39 is 5.97 Å². The molecule has 0 aromatic heterocycles. The van der Waals surface area contributed by atoms with Gasteiger partial charge in [0.1, 0.15) is 0 Å². The van der Waals surface area contributed by atoms with Crippen LogP contribution in [0.25, 0.3) is 0 Å². The number of carboxylic acids is 1. The molecule has 1 amide bonds. The number of hydrogen-bond acceptors (Lipinski definition) is 2. The molecule has 2 aliphatic carbocycles. The normalized spacial score (nSPS) is 36.7. The standard InChI is InChI=1S/C17H27NO3/c1-2-11-3-5-13(6-4-11)16(19)18-9-14(12-7-8-12)15(10-18)17(20)21/h11-15H,2-10H2,1H3,(H,20,21)/t11?,13?,14-,15+/m1/s1. The summed E-state index contributed by atoms with van der Waals surface area (Å²) < 4.78 is 0. The van der Waals surface area contributed by atoms with Crippen LogP contribution < -0.4 is 0 Å². The number of carbonyl (C=O) groups is 2. The van der Waals surface area contributed by atoms with Crippen LogP contribution in [0.15, 0.2) is 0 Å². The molecule has 3 rings (SSSR count). The number of aliphatic carboxylic acids is 1. The number of hydrogen-bond donors (Lipinski definition) is 1. The fraction of sp³-hybridized carbons (Fsp3) is 0.882. The Morgan fingerprint density at radius 2 is 1.71 bits per heavy atom. The lowest BCUT2D eigenvalue weighted by atomic mass is 9.80. The molecule has 1 aliphatic heterocycles. The van der Waals surface area contributed by atoms with E-state index in [9.17, 15) is 14.7 Å². The van der Waals surface area contributed by atoms with Gasteiger partial charge >= 0.3 is 5.97 Å². The van der Waals surface area contributed by atoms with E-state index >= 15 is 0 Å². The lowest BCUT2D eigenvalue weighted by Gasteiger charge is -2.30. The molecule has 0 radical (unpaired) electrons. The van der Waals surface area contributed by atoms with Crippen molar-refractivity contribution in [3.05, 3.63) is 0 Å². The summed E-state index contributed by atoms with van der Waals surface area (Å²) in [6, 6.07) is 0. The summed E-state index contributed by atoms with van der Waals surface area (Å²) >= 11 is 0. The Morgan fingerprint density at radius 1 is 1.05 bits per heavy atom. The Hall–Kier alpha value is -1.06. The minimum absolute atomic E-state index is 0.153. The number of likely N-dealkylation sites (tertiary alicyclic amines) is 1. The fourth-order valence-electron chi connectivity index (χ4n) is 4.35. The number of rotatable bonds is 4. The minimum Gasteiger partial charge on any atom is -0.481 e. The Morgan fingerprint density at radius 3 is 2.24 bits per heavy atom. The van der Waals surface area contributed by atoms with Crippen LogP contribution in [0.4, 0.5) is 0 Å². The Bertz CT molecular complexity index is 410. The number of amides is 1. The number of nitrogens with zero attached hydrogens (tertiary/aromatic N) is 1. The van der Waals surface area contributed by atoms with Crippen LogP contribution in [0, 0.1) is 29.6 Å². The van der Waals surface area contributed by atoms with Crippen molar-refractivity contribution in [1.82, 2.24) is 4.90 Å². The molecule has 118 valence electrons. The molecule has 3 fully saturated rings. The lowest BCUT2D eigenvalue weighted by molar-refractivity contribution is -0.143. The van der Waals surface area contributed by atoms with Gasteiger partial charge in [-0.25, -0.2) is 0 Å². The van der Waals surface area contributed by atoms with E-state index in [1.54, 1.807) is 0 Å². The zero-order valence-electron chi connectivity index (χ0n) is 13.0. The highest BCUT2D eigenvalue weighted by molar-refractivity contribution is 5.81. The molecule has 4 heteroatoms. The molecule has 2 saturated carbocycles. The summed E-state index contributed by atoms with van der Waals surface area (Å²) in [5.74, 6) is 0.904. The summed E-state index contributed by atoms with van der Waals surface area (Å²) in [6.45, 7) is 3.36. The van der Waals surface area contributed by atoms with Gasteiger partial charge in [0, 0.05) is 19.0 Å². The molecule has 0 unspecified atom stereocenters. The van der Waals surface area contributed by atoms with Gasteiger partial charge in [-0.05, 0) is 56.3 Å². The molecule has 2 atom stereocenters. The Labute approximate surface area is 126 Å². The molecule has 0 bridgehead atoms. The topological polar surface area (TPSA) is 57.6 Å². The second-order valence-electron chi connectivity index (χ2n) is 7.32. The highest BCUT2D eigenvalue weighted by Crippen LogP contribution is 2.44. The van der Waals surface area contributed by atoms with Crippen molar-refractivity contribution in [2.45, 2.75) is 51.9 Å². The molecular formula is C17H27NO3. The molecule has 1 N–H and O–H groups in total. The van der Waals surface area contributed by atoms with E-state index in [0.717, 1.165) is 44.4 Å². The first-order valence-electron chi connectivity index (χ1n) is 8.61. The van der Waals surface area contributed by atoms with Crippen molar-refractivity contribution in [3.63, 3.8) is 0 Å². The van der Waals surface area contributed by atoms with Crippen molar-refractivity contribution < 1.29 is 14.7 Å². The summed E-state index contributed by atoms with van der Waals surface area (Å²) in [6.07, 6.45) is 7.84. The van der Waals surface area contributed by atoms with E-state index in [2.05, 4.69) is 6.92 Å². The maximum absolute atomic E-state index is 12.7. The van der Waals surface area contributed by atoms with Gasteiger partial charge in [0.25, 0.3) is 0 Å². The van der Waals surface area contributed by atoms with Crippen molar-refractivity contribution in [3.8, 4) is 0 Å². The third kappa shape index (κ3) is 3.09. The van der Waals surface area contributed by atoms with Gasteiger partial charge < -0.3 is 10.0 Å². The first-order valence-corrected chi connectivity index (χ1v) is 8.61. The zero-order chi connectivity index (χ0) is 15.0. The van der Waals surface area contributed by atoms with Gasteiger partial charge in [0.2, 0.25) is 5.91 Å². The fourth-order valence-corrected chi connectivity index (χ4v) is 4.35. The highest BCUT2D eigenvalue weighted by Gasteiger charge is 2.47. The smallest absolute Gasteiger partial charge is 0.308 e. The van der Waals surface area contributed by atoms with Crippen LogP contribution >= 0.6 is 0 Å². The van der Waals surface area contributed by atoms with E-state index in [0.29, 0.717) is 19.0 Å². The van der Waals surface area contributed by atoms with Gasteiger partial charge in [-0.2, -0.15) is 0 Å². The van der Waals surface area contributed by atoms with Gasteiger partial charge in [-0.3, -0.25) is 9.59 Å². The minimum atomic E-state index is -0.711. The van der Waals surface area contributed by atoms with E-state index in [4.69, 9.17) is 0 Å². The first kappa shape index (κ1) is 14.9. The average molecular weight is 293 g/mol. The number of carbonyl (C=O) groups excluding carboxylic acids is 1. The SMILES string of the molecule is CCC1CCC(C(=O)N2C[C@H](C(=O)O)[C@@H](C3CC3)C2)CC1. The summed E-state index contributed by atoms with van der Waals surface area (Å²) in [4.78, 5) is 26.0. The summed E-state index contributed by atoms with van der Waals surface area (Å²) in [5, 5.41) is 9.40. The second kappa shape index (κ2) is 5.98. The molecule has 1 saturated heterocycles. The lowest BCUT2D eigenvalue weighted by Crippen LogP contribution is -2.36. The van der Waals surface area contributed by atoms with Crippen LogP contribution in [-0.4, -0.2) is 35.0 Å². The molecule has 0 spiro atoms.